The van der Waals surface area contributed by atoms with Crippen molar-refractivity contribution in [3.63, 3.8) is 0 Å². The highest BCUT2D eigenvalue weighted by Gasteiger charge is 2.13. The van der Waals surface area contributed by atoms with Crippen LogP contribution in [0.5, 0.6) is 0 Å². The Bertz CT molecular complexity index is 692. The molecular formula is C18H23ClN4O. The molecule has 0 fully saturated rings. The number of unbranched alkanes of at least 4 members (excludes halogenated alkanes) is 1. The van der Waals surface area contributed by atoms with Gasteiger partial charge in [0.2, 0.25) is 5.95 Å². The fourth-order valence-corrected chi connectivity index (χ4v) is 2.76. The summed E-state index contributed by atoms with van der Waals surface area (Å²) in [4.78, 5) is 22.9. The van der Waals surface area contributed by atoms with Crippen molar-refractivity contribution in [3.05, 3.63) is 46.2 Å². The van der Waals surface area contributed by atoms with Gasteiger partial charge in [0, 0.05) is 26.0 Å². The van der Waals surface area contributed by atoms with Gasteiger partial charge in [-0.25, -0.2) is 9.97 Å². The predicted molar refractivity (Wildman–Crippen MR) is 99.1 cm³/mol. The van der Waals surface area contributed by atoms with Gasteiger partial charge in [-0.2, -0.15) is 0 Å². The number of halogens is 1. The van der Waals surface area contributed by atoms with E-state index in [1.807, 2.05) is 37.9 Å². The summed E-state index contributed by atoms with van der Waals surface area (Å²) < 4.78 is 0. The van der Waals surface area contributed by atoms with Crippen LogP contribution in [-0.2, 0) is 0 Å². The lowest BCUT2D eigenvalue weighted by Gasteiger charge is -2.16. The highest BCUT2D eigenvalue weighted by Crippen LogP contribution is 2.27. The van der Waals surface area contributed by atoms with Crippen LogP contribution in [-0.4, -0.2) is 29.5 Å². The Labute approximate surface area is 148 Å². The molecule has 6 heteroatoms. The van der Waals surface area contributed by atoms with E-state index in [1.54, 1.807) is 0 Å². The lowest BCUT2D eigenvalue weighted by Crippen LogP contribution is -2.21. The van der Waals surface area contributed by atoms with Gasteiger partial charge in [0.25, 0.3) is 5.91 Å². The highest BCUT2D eigenvalue weighted by molar-refractivity contribution is 6.34. The zero-order valence-electron chi connectivity index (χ0n) is 14.6. The Morgan fingerprint density at radius 1 is 1.25 bits per heavy atom. The van der Waals surface area contributed by atoms with Crippen molar-refractivity contribution in [3.8, 4) is 0 Å². The molecule has 1 aromatic heterocycles. The summed E-state index contributed by atoms with van der Waals surface area (Å²) >= 11 is 6.23. The molecule has 128 valence electrons. The molecule has 0 aliphatic heterocycles. The Hall–Kier alpha value is -2.14. The van der Waals surface area contributed by atoms with E-state index in [0.29, 0.717) is 22.2 Å². The average molecular weight is 347 g/mol. The summed E-state index contributed by atoms with van der Waals surface area (Å²) in [5.74, 6) is 0.344. The second kappa shape index (κ2) is 8.11. The van der Waals surface area contributed by atoms with Gasteiger partial charge in [-0.15, -0.1) is 0 Å². The molecule has 1 aromatic carbocycles. The van der Waals surface area contributed by atoms with Crippen LogP contribution in [0.2, 0.25) is 5.02 Å². The Morgan fingerprint density at radius 2 is 1.92 bits per heavy atom. The minimum atomic E-state index is -0.272. The number of carbonyl (C=O) groups is 1. The number of aromatic nitrogens is 2. The lowest BCUT2D eigenvalue weighted by molar-refractivity contribution is 0.102. The van der Waals surface area contributed by atoms with Crippen molar-refractivity contribution >= 4 is 29.1 Å². The summed E-state index contributed by atoms with van der Waals surface area (Å²) in [5.41, 5.74) is 3.00. The third kappa shape index (κ3) is 4.45. The predicted octanol–water partition coefficient (Wildman–Crippen LogP) is 4.24. The number of hydrogen-bond acceptors (Lipinski definition) is 4. The molecule has 0 saturated heterocycles. The van der Waals surface area contributed by atoms with Gasteiger partial charge in [-0.05, 0) is 37.5 Å². The van der Waals surface area contributed by atoms with Crippen LogP contribution in [0.25, 0.3) is 0 Å². The van der Waals surface area contributed by atoms with Crippen LogP contribution in [0.15, 0.2) is 24.5 Å². The fraction of sp³-hybridized carbons (Fsp3) is 0.389. The van der Waals surface area contributed by atoms with E-state index in [-0.39, 0.29) is 5.91 Å². The first-order valence-corrected chi connectivity index (χ1v) is 8.41. The van der Waals surface area contributed by atoms with Gasteiger partial charge in [-0.3, -0.25) is 4.79 Å². The number of nitrogens with one attached hydrogen (secondary N) is 1. The molecule has 0 atom stereocenters. The number of benzene rings is 1. The molecule has 0 unspecified atom stereocenters. The van der Waals surface area contributed by atoms with Crippen molar-refractivity contribution in [1.82, 2.24) is 9.97 Å². The van der Waals surface area contributed by atoms with Crippen LogP contribution < -0.4 is 10.2 Å². The van der Waals surface area contributed by atoms with Crippen LogP contribution in [0, 0.1) is 13.8 Å². The fourth-order valence-electron chi connectivity index (χ4n) is 2.39. The third-order valence-corrected chi connectivity index (χ3v) is 4.06. The second-order valence-electron chi connectivity index (χ2n) is 5.94. The summed E-state index contributed by atoms with van der Waals surface area (Å²) in [6.45, 7) is 6.91. The van der Waals surface area contributed by atoms with Crippen molar-refractivity contribution in [2.45, 2.75) is 33.6 Å². The molecule has 0 saturated carbocycles. The van der Waals surface area contributed by atoms with E-state index in [2.05, 4.69) is 22.2 Å². The number of nitrogens with zero attached hydrogens (tertiary/aromatic N) is 3. The standard InChI is InChI=1S/C18H23ClN4O/c1-5-6-7-23(4)18-20-10-14(11-21-18)17(24)22-16-13(3)8-12(2)9-15(16)19/h8-11H,5-7H2,1-4H3,(H,22,24). The summed E-state index contributed by atoms with van der Waals surface area (Å²) in [6.07, 6.45) is 5.27. The van der Waals surface area contributed by atoms with Crippen LogP contribution >= 0.6 is 11.6 Å². The number of carbonyl (C=O) groups excluding carboxylic acids is 1. The van der Waals surface area contributed by atoms with Crippen molar-refractivity contribution in [2.24, 2.45) is 0 Å². The first-order valence-electron chi connectivity index (χ1n) is 8.03. The van der Waals surface area contributed by atoms with Gasteiger partial charge < -0.3 is 10.2 Å². The number of aryl methyl sites for hydroxylation is 2. The first-order chi connectivity index (χ1) is 11.4. The smallest absolute Gasteiger partial charge is 0.258 e. The SMILES string of the molecule is CCCCN(C)c1ncc(C(=O)Nc2c(C)cc(C)cc2Cl)cn1. The van der Waals surface area contributed by atoms with Gasteiger partial charge in [0.05, 0.1) is 16.3 Å². The quantitative estimate of drug-likeness (QED) is 0.850. The normalized spacial score (nSPS) is 10.5. The maximum Gasteiger partial charge on any atom is 0.258 e. The maximum absolute atomic E-state index is 12.4. The monoisotopic (exact) mass is 346 g/mol. The summed E-state index contributed by atoms with van der Waals surface area (Å²) in [5, 5.41) is 3.37. The molecular weight excluding hydrogens is 324 g/mol. The van der Waals surface area contributed by atoms with Gasteiger partial charge >= 0.3 is 0 Å². The Kier molecular flexibility index (Phi) is 6.15. The molecule has 1 N–H and O–H groups in total. The molecule has 0 aliphatic carbocycles. The van der Waals surface area contributed by atoms with Crippen LogP contribution in [0.3, 0.4) is 0 Å². The van der Waals surface area contributed by atoms with E-state index in [1.165, 1.54) is 12.4 Å². The van der Waals surface area contributed by atoms with Crippen molar-refractivity contribution in [1.29, 1.82) is 0 Å². The minimum Gasteiger partial charge on any atom is -0.344 e. The van der Waals surface area contributed by atoms with Crippen LogP contribution in [0.1, 0.15) is 41.3 Å². The molecule has 2 aromatic rings. The van der Waals surface area contributed by atoms with E-state index < -0.39 is 0 Å². The van der Waals surface area contributed by atoms with Gasteiger partial charge in [0.1, 0.15) is 0 Å². The Morgan fingerprint density at radius 3 is 2.50 bits per heavy atom. The third-order valence-electron chi connectivity index (χ3n) is 3.76. The molecule has 2 rings (SSSR count). The van der Waals surface area contributed by atoms with E-state index in [0.717, 1.165) is 30.5 Å². The van der Waals surface area contributed by atoms with Gasteiger partial charge in [0.15, 0.2) is 0 Å². The van der Waals surface area contributed by atoms with Crippen molar-refractivity contribution in [2.75, 3.05) is 23.8 Å². The molecule has 0 bridgehead atoms. The second-order valence-corrected chi connectivity index (χ2v) is 6.35. The Balaban J connectivity index is 2.11. The van der Waals surface area contributed by atoms with E-state index >= 15 is 0 Å². The average Bonchev–Trinajstić information content (AvgIpc) is 2.55. The lowest BCUT2D eigenvalue weighted by atomic mass is 10.1. The summed E-state index contributed by atoms with van der Waals surface area (Å²) in [7, 11) is 1.94. The molecule has 0 radical (unpaired) electrons. The number of rotatable bonds is 6. The van der Waals surface area contributed by atoms with E-state index in [9.17, 15) is 4.79 Å². The molecule has 1 heterocycles. The topological polar surface area (TPSA) is 58.1 Å². The molecule has 5 nitrogen and oxygen atoms in total. The minimum absolute atomic E-state index is 0.272. The number of amides is 1. The van der Waals surface area contributed by atoms with Crippen molar-refractivity contribution < 1.29 is 4.79 Å². The summed E-state index contributed by atoms with van der Waals surface area (Å²) in [6, 6.07) is 3.80. The van der Waals surface area contributed by atoms with Gasteiger partial charge in [-0.1, -0.05) is 31.0 Å². The van der Waals surface area contributed by atoms with Crippen LogP contribution in [0.4, 0.5) is 11.6 Å². The first kappa shape index (κ1) is 18.2. The maximum atomic E-state index is 12.4. The zero-order chi connectivity index (χ0) is 17.7. The largest absolute Gasteiger partial charge is 0.344 e. The van der Waals surface area contributed by atoms with E-state index in [4.69, 9.17) is 11.6 Å². The number of hydrogen-bond donors (Lipinski definition) is 1. The number of anilines is 2. The molecule has 0 spiro atoms. The molecule has 24 heavy (non-hydrogen) atoms. The molecule has 1 amide bonds. The zero-order valence-corrected chi connectivity index (χ0v) is 15.3. The molecule has 0 aliphatic rings. The highest BCUT2D eigenvalue weighted by atomic mass is 35.5.